The summed E-state index contributed by atoms with van der Waals surface area (Å²) < 4.78 is 35.0. The molecule has 0 aromatic heterocycles. The molecule has 9 heteroatoms. The number of rotatable bonds is 5. The second-order valence-corrected chi connectivity index (χ2v) is 6.07. The SMILES string of the molecule is CS(=O)(=O)CCNC(=O)c1cc([N+](=O)[O-])ccc1F. The number of nitrogens with one attached hydrogen (secondary N) is 1. The van der Waals surface area contributed by atoms with E-state index in [1.165, 1.54) is 0 Å². The fourth-order valence-corrected chi connectivity index (χ4v) is 1.72. The second-order valence-electron chi connectivity index (χ2n) is 3.81. The summed E-state index contributed by atoms with van der Waals surface area (Å²) in [4.78, 5) is 21.3. The van der Waals surface area contributed by atoms with Crippen molar-refractivity contribution in [3.8, 4) is 0 Å². The van der Waals surface area contributed by atoms with Gasteiger partial charge in [-0.05, 0) is 6.07 Å². The van der Waals surface area contributed by atoms with Crippen molar-refractivity contribution in [1.82, 2.24) is 5.32 Å². The minimum Gasteiger partial charge on any atom is -0.351 e. The molecule has 0 saturated carbocycles. The van der Waals surface area contributed by atoms with Crippen LogP contribution in [0.2, 0.25) is 0 Å². The van der Waals surface area contributed by atoms with Gasteiger partial charge in [0.05, 0.1) is 16.2 Å². The Labute approximate surface area is 108 Å². The number of hydrogen-bond acceptors (Lipinski definition) is 5. The summed E-state index contributed by atoms with van der Waals surface area (Å²) in [6, 6.07) is 2.54. The molecule has 0 unspecified atom stereocenters. The Bertz CT molecular complexity index is 614. The summed E-state index contributed by atoms with van der Waals surface area (Å²) in [5.41, 5.74) is -0.919. The minimum atomic E-state index is -3.25. The maximum Gasteiger partial charge on any atom is 0.270 e. The number of nitro benzene ring substituents is 1. The molecule has 0 aliphatic rings. The summed E-state index contributed by atoms with van der Waals surface area (Å²) in [5.74, 6) is -2.11. The predicted molar refractivity (Wildman–Crippen MR) is 65.1 cm³/mol. The van der Waals surface area contributed by atoms with Gasteiger partial charge in [0.25, 0.3) is 11.6 Å². The number of nitro groups is 1. The van der Waals surface area contributed by atoms with Crippen LogP contribution in [0.1, 0.15) is 10.4 Å². The van der Waals surface area contributed by atoms with Gasteiger partial charge < -0.3 is 5.32 Å². The smallest absolute Gasteiger partial charge is 0.270 e. The Kier molecular flexibility index (Phi) is 4.54. The van der Waals surface area contributed by atoms with E-state index in [4.69, 9.17) is 0 Å². The lowest BCUT2D eigenvalue weighted by atomic mass is 10.2. The van der Waals surface area contributed by atoms with E-state index in [9.17, 15) is 27.7 Å². The molecular formula is C10H11FN2O5S. The number of non-ortho nitro benzene ring substituents is 1. The van der Waals surface area contributed by atoms with E-state index in [1.807, 2.05) is 0 Å². The summed E-state index contributed by atoms with van der Waals surface area (Å²) in [6.07, 6.45) is 0.993. The predicted octanol–water partition coefficient (Wildman–Crippen LogP) is 0.508. The lowest BCUT2D eigenvalue weighted by molar-refractivity contribution is -0.384. The first-order valence-corrected chi connectivity index (χ1v) is 7.16. The van der Waals surface area contributed by atoms with Gasteiger partial charge in [0, 0.05) is 24.9 Å². The van der Waals surface area contributed by atoms with Crippen molar-refractivity contribution < 1.29 is 22.5 Å². The van der Waals surface area contributed by atoms with E-state index >= 15 is 0 Å². The highest BCUT2D eigenvalue weighted by molar-refractivity contribution is 7.90. The quantitative estimate of drug-likeness (QED) is 0.628. The number of benzene rings is 1. The Hall–Kier alpha value is -2.03. The van der Waals surface area contributed by atoms with Crippen molar-refractivity contribution in [1.29, 1.82) is 0 Å². The summed E-state index contributed by atoms with van der Waals surface area (Å²) in [6.45, 7) is -0.195. The van der Waals surface area contributed by atoms with Crippen LogP contribution in [0.3, 0.4) is 0 Å². The molecule has 0 spiro atoms. The molecule has 0 atom stereocenters. The molecule has 0 aliphatic heterocycles. The van der Waals surface area contributed by atoms with Gasteiger partial charge in [0.2, 0.25) is 0 Å². The van der Waals surface area contributed by atoms with E-state index in [0.717, 1.165) is 24.5 Å². The standard InChI is InChI=1S/C10H11FN2O5S/c1-19(17,18)5-4-12-10(14)8-6-7(13(15)16)2-3-9(8)11/h2-3,6H,4-5H2,1H3,(H,12,14). The molecule has 0 aliphatic carbocycles. The Morgan fingerprint density at radius 3 is 2.63 bits per heavy atom. The van der Waals surface area contributed by atoms with E-state index < -0.39 is 37.7 Å². The van der Waals surface area contributed by atoms with Crippen LogP contribution in [0.4, 0.5) is 10.1 Å². The van der Waals surface area contributed by atoms with Gasteiger partial charge in [-0.15, -0.1) is 0 Å². The van der Waals surface area contributed by atoms with Crippen LogP contribution in [0, 0.1) is 15.9 Å². The van der Waals surface area contributed by atoms with Crippen LogP contribution in [-0.4, -0.2) is 37.8 Å². The van der Waals surface area contributed by atoms with E-state index in [1.54, 1.807) is 0 Å². The van der Waals surface area contributed by atoms with Crippen LogP contribution in [0.15, 0.2) is 18.2 Å². The van der Waals surface area contributed by atoms with Crippen LogP contribution >= 0.6 is 0 Å². The molecule has 0 bridgehead atoms. The van der Waals surface area contributed by atoms with Crippen molar-refractivity contribution in [3.05, 3.63) is 39.7 Å². The number of carbonyl (C=O) groups excluding carboxylic acids is 1. The monoisotopic (exact) mass is 290 g/mol. The zero-order valence-corrected chi connectivity index (χ0v) is 10.7. The van der Waals surface area contributed by atoms with Crippen LogP contribution in [0.25, 0.3) is 0 Å². The molecule has 7 nitrogen and oxygen atoms in total. The van der Waals surface area contributed by atoms with Gasteiger partial charge in [-0.25, -0.2) is 12.8 Å². The zero-order valence-electron chi connectivity index (χ0n) is 9.92. The van der Waals surface area contributed by atoms with Gasteiger partial charge in [-0.3, -0.25) is 14.9 Å². The number of hydrogen-bond donors (Lipinski definition) is 1. The molecule has 1 aromatic carbocycles. The van der Waals surface area contributed by atoms with Gasteiger partial charge in [-0.2, -0.15) is 0 Å². The van der Waals surface area contributed by atoms with Crippen LogP contribution in [0.5, 0.6) is 0 Å². The highest BCUT2D eigenvalue weighted by atomic mass is 32.2. The first-order valence-electron chi connectivity index (χ1n) is 5.10. The van der Waals surface area contributed by atoms with Crippen molar-refractivity contribution in [2.45, 2.75) is 0 Å². The first-order chi connectivity index (χ1) is 8.70. The van der Waals surface area contributed by atoms with E-state index in [-0.39, 0.29) is 12.3 Å². The molecule has 1 amide bonds. The second kappa shape index (κ2) is 5.74. The molecule has 0 fully saturated rings. The van der Waals surface area contributed by atoms with Gasteiger partial charge >= 0.3 is 0 Å². The lowest BCUT2D eigenvalue weighted by Gasteiger charge is -2.05. The third kappa shape index (κ3) is 4.62. The highest BCUT2D eigenvalue weighted by Crippen LogP contribution is 2.16. The fraction of sp³-hybridized carbons (Fsp3) is 0.300. The average molecular weight is 290 g/mol. The van der Waals surface area contributed by atoms with Crippen LogP contribution in [-0.2, 0) is 9.84 Å². The van der Waals surface area contributed by atoms with Crippen molar-refractivity contribution in [2.75, 3.05) is 18.6 Å². The number of nitrogens with zero attached hydrogens (tertiary/aromatic N) is 1. The van der Waals surface area contributed by atoms with Gasteiger partial charge in [0.1, 0.15) is 15.7 Å². The fourth-order valence-electron chi connectivity index (χ4n) is 1.25. The maximum absolute atomic E-state index is 13.3. The molecule has 1 rings (SSSR count). The molecule has 1 N–H and O–H groups in total. The van der Waals surface area contributed by atoms with Crippen molar-refractivity contribution in [3.63, 3.8) is 0 Å². The van der Waals surface area contributed by atoms with Gasteiger partial charge in [0.15, 0.2) is 0 Å². The number of carbonyl (C=O) groups is 1. The Balaban J connectivity index is 2.82. The van der Waals surface area contributed by atoms with Gasteiger partial charge in [-0.1, -0.05) is 0 Å². The lowest BCUT2D eigenvalue weighted by Crippen LogP contribution is -2.29. The van der Waals surface area contributed by atoms with E-state index in [2.05, 4.69) is 5.32 Å². The molecule has 0 heterocycles. The summed E-state index contributed by atoms with van der Waals surface area (Å²) >= 11 is 0. The third-order valence-corrected chi connectivity index (χ3v) is 3.11. The molecular weight excluding hydrogens is 279 g/mol. The number of halogens is 1. The molecule has 104 valence electrons. The van der Waals surface area contributed by atoms with E-state index in [0.29, 0.717) is 0 Å². The molecule has 19 heavy (non-hydrogen) atoms. The normalized spacial score (nSPS) is 11.1. The Morgan fingerprint density at radius 2 is 2.11 bits per heavy atom. The summed E-state index contributed by atoms with van der Waals surface area (Å²) in [7, 11) is -3.25. The minimum absolute atomic E-state index is 0.195. The van der Waals surface area contributed by atoms with Crippen LogP contribution < -0.4 is 5.32 Å². The summed E-state index contributed by atoms with van der Waals surface area (Å²) in [5, 5.41) is 12.7. The molecule has 0 radical (unpaired) electrons. The average Bonchev–Trinajstić information content (AvgIpc) is 2.27. The first kappa shape index (κ1) is 15.0. The number of amides is 1. The number of sulfone groups is 1. The molecule has 0 saturated heterocycles. The zero-order chi connectivity index (χ0) is 14.6. The van der Waals surface area contributed by atoms with Crippen molar-refractivity contribution >= 4 is 21.4 Å². The Morgan fingerprint density at radius 1 is 1.47 bits per heavy atom. The maximum atomic E-state index is 13.3. The third-order valence-electron chi connectivity index (χ3n) is 2.16. The molecule has 1 aromatic rings. The van der Waals surface area contributed by atoms with Crippen molar-refractivity contribution in [2.24, 2.45) is 0 Å². The topological polar surface area (TPSA) is 106 Å². The highest BCUT2D eigenvalue weighted by Gasteiger charge is 2.16. The largest absolute Gasteiger partial charge is 0.351 e.